The monoisotopic (exact) mass is 626 g/mol. The van der Waals surface area contributed by atoms with Crippen LogP contribution >= 0.6 is 23.4 Å². The molecule has 0 spiro atoms. The Kier molecular flexibility index (Phi) is 9.42. The van der Waals surface area contributed by atoms with Gasteiger partial charge in [0.15, 0.2) is 0 Å². The van der Waals surface area contributed by atoms with Crippen LogP contribution in [0.4, 0.5) is 10.1 Å². The molecule has 2 heterocycles. The highest BCUT2D eigenvalue weighted by Crippen LogP contribution is 2.41. The van der Waals surface area contributed by atoms with E-state index in [0.717, 1.165) is 10.6 Å². The predicted octanol–water partition coefficient (Wildman–Crippen LogP) is 6.95. The number of nitrogens with zero attached hydrogens (tertiary/aromatic N) is 2. The number of benzene rings is 3. The number of halogens is 2. The minimum Gasteiger partial charge on any atom is -0.403 e. The summed E-state index contributed by atoms with van der Waals surface area (Å²) < 4.78 is 29.3. The number of rotatable bonds is 8. The van der Waals surface area contributed by atoms with Crippen LogP contribution in [-0.2, 0) is 22.2 Å². The van der Waals surface area contributed by atoms with Crippen molar-refractivity contribution in [1.29, 1.82) is 0 Å². The molecule has 0 aromatic heterocycles. The molecule has 0 aliphatic carbocycles. The van der Waals surface area contributed by atoms with Gasteiger partial charge in [0.25, 0.3) is 8.32 Å². The molecule has 1 N–H and O–H groups in total. The normalized spacial score (nSPS) is 21.3. The number of hydroxylamine groups is 2. The lowest BCUT2D eigenvalue weighted by Gasteiger charge is -2.43. The third-order valence-corrected chi connectivity index (χ3v) is 14.4. The molecule has 1 saturated heterocycles. The number of ether oxygens (including phenoxy) is 1. The molecule has 0 amide bonds. The summed E-state index contributed by atoms with van der Waals surface area (Å²) in [6, 6.07) is 22.9. The molecule has 224 valence electrons. The van der Waals surface area contributed by atoms with E-state index >= 15 is 4.39 Å². The highest BCUT2D eigenvalue weighted by molar-refractivity contribution is 8.02. The van der Waals surface area contributed by atoms with Crippen molar-refractivity contribution in [2.45, 2.75) is 70.3 Å². The first-order valence-corrected chi connectivity index (χ1v) is 17.7. The van der Waals surface area contributed by atoms with Crippen molar-refractivity contribution >= 4 is 47.7 Å². The molecule has 0 saturated carbocycles. The van der Waals surface area contributed by atoms with Gasteiger partial charge in [0.1, 0.15) is 16.2 Å². The van der Waals surface area contributed by atoms with E-state index in [9.17, 15) is 5.21 Å². The Balaban J connectivity index is 1.63. The second kappa shape index (κ2) is 12.7. The van der Waals surface area contributed by atoms with Gasteiger partial charge < -0.3 is 14.1 Å². The minimum absolute atomic E-state index is 0.0260. The average molecular weight is 627 g/mol. The van der Waals surface area contributed by atoms with Gasteiger partial charge in [-0.25, -0.2) is 4.39 Å². The number of anilines is 1. The van der Waals surface area contributed by atoms with E-state index in [4.69, 9.17) is 20.8 Å². The van der Waals surface area contributed by atoms with Crippen molar-refractivity contribution in [3.8, 4) is 0 Å². The first-order valence-electron chi connectivity index (χ1n) is 14.5. The van der Waals surface area contributed by atoms with E-state index in [1.165, 1.54) is 22.1 Å². The smallest absolute Gasteiger partial charge is 0.261 e. The van der Waals surface area contributed by atoms with Crippen molar-refractivity contribution in [2.24, 2.45) is 0 Å². The highest BCUT2D eigenvalue weighted by Gasteiger charge is 2.50. The average Bonchev–Trinajstić information content (AvgIpc) is 3.35. The Morgan fingerprint density at radius 1 is 1.00 bits per heavy atom. The maximum Gasteiger partial charge on any atom is 0.261 e. The van der Waals surface area contributed by atoms with Gasteiger partial charge in [0.2, 0.25) is 0 Å². The fraction of sp³-hybridized carbons (Fsp3) is 0.394. The second-order valence-corrected chi connectivity index (χ2v) is 18.0. The van der Waals surface area contributed by atoms with Gasteiger partial charge in [0.05, 0.1) is 24.5 Å². The molecule has 1 unspecified atom stereocenters. The van der Waals surface area contributed by atoms with Crippen LogP contribution in [0.2, 0.25) is 10.1 Å². The van der Waals surface area contributed by atoms with Crippen LogP contribution < -0.4 is 15.3 Å². The summed E-state index contributed by atoms with van der Waals surface area (Å²) >= 11 is 8.38. The Morgan fingerprint density at radius 3 is 2.07 bits per heavy atom. The maximum atomic E-state index is 16.0. The first-order chi connectivity index (χ1) is 20.0. The fourth-order valence-electron chi connectivity index (χ4n) is 6.31. The van der Waals surface area contributed by atoms with Crippen LogP contribution in [-0.4, -0.2) is 49.3 Å². The van der Waals surface area contributed by atoms with Crippen LogP contribution in [0.25, 0.3) is 0 Å². The van der Waals surface area contributed by atoms with Crippen molar-refractivity contribution in [3.63, 3.8) is 0 Å². The summed E-state index contributed by atoms with van der Waals surface area (Å²) in [5.74, 6) is -0.450. The van der Waals surface area contributed by atoms with Crippen molar-refractivity contribution in [2.75, 3.05) is 18.0 Å². The summed E-state index contributed by atoms with van der Waals surface area (Å²) in [7, 11) is -2.87. The van der Waals surface area contributed by atoms with E-state index < -0.39 is 14.1 Å². The molecule has 0 bridgehead atoms. The molecule has 9 heteroatoms. The zero-order valence-corrected chi connectivity index (χ0v) is 27.5. The summed E-state index contributed by atoms with van der Waals surface area (Å²) in [4.78, 5) is 2.14. The zero-order valence-electron chi connectivity index (χ0n) is 24.9. The lowest BCUT2D eigenvalue weighted by Crippen LogP contribution is -2.66. The van der Waals surface area contributed by atoms with Gasteiger partial charge in [-0.15, -0.1) is 11.8 Å². The quantitative estimate of drug-likeness (QED) is 0.273. The predicted molar refractivity (Wildman–Crippen MR) is 174 cm³/mol. The Morgan fingerprint density at radius 2 is 1.57 bits per heavy atom. The van der Waals surface area contributed by atoms with Gasteiger partial charge in [-0.3, -0.25) is 10.3 Å². The molecule has 3 aromatic carbocycles. The summed E-state index contributed by atoms with van der Waals surface area (Å²) in [5, 5.41) is 15.1. The van der Waals surface area contributed by atoms with Crippen molar-refractivity contribution < 1.29 is 18.8 Å². The molecule has 0 radical (unpaired) electrons. The molecule has 3 aromatic rings. The minimum atomic E-state index is -2.87. The second-order valence-electron chi connectivity index (χ2n) is 12.2. The van der Waals surface area contributed by atoms with Crippen molar-refractivity contribution in [1.82, 2.24) is 5.06 Å². The number of thioether (sulfide) groups is 1. The molecular formula is C33H40ClFN2O3SSi. The SMILES string of the molecule is C[C@@H]1CN(c2c(CO[Si](c3ccccc3)(c3ccccc3)C(C)(C)C)cc(CC3SC=CN3O)c(F)c2Cl)C[C@H](C)O1. The summed E-state index contributed by atoms with van der Waals surface area (Å²) in [6.07, 6.45) is 1.83. The topological polar surface area (TPSA) is 45.2 Å². The first kappa shape index (κ1) is 31.1. The van der Waals surface area contributed by atoms with Gasteiger partial charge in [0, 0.05) is 31.3 Å². The van der Waals surface area contributed by atoms with Gasteiger partial charge >= 0.3 is 0 Å². The lowest BCUT2D eigenvalue weighted by molar-refractivity contribution is -0.0482. The lowest BCUT2D eigenvalue weighted by atomic mass is 10.0. The van der Waals surface area contributed by atoms with E-state index in [-0.39, 0.29) is 34.2 Å². The number of hydrogen-bond acceptors (Lipinski definition) is 6. The zero-order chi connectivity index (χ0) is 30.1. The van der Waals surface area contributed by atoms with E-state index in [0.29, 0.717) is 30.8 Å². The van der Waals surface area contributed by atoms with Crippen LogP contribution in [0.1, 0.15) is 45.7 Å². The molecule has 2 aliphatic rings. The Bertz CT molecular complexity index is 1360. The molecular weight excluding hydrogens is 587 g/mol. The third-order valence-electron chi connectivity index (χ3n) is 8.07. The Hall–Kier alpha value is -2.33. The van der Waals surface area contributed by atoms with Crippen molar-refractivity contribution in [3.05, 3.63) is 100 Å². The fourth-order valence-corrected chi connectivity index (χ4v) is 12.0. The van der Waals surface area contributed by atoms with Crippen LogP contribution in [0.5, 0.6) is 0 Å². The standard InChI is InChI=1S/C33H40ClFN2O3SSi/c1-23-20-36(21-24(2)40-23)32-26(18-25(31(35)30(32)34)19-29-37(38)16-17-41-29)22-39-42(33(3,4)5,27-12-8-6-9-13-27)28-14-10-7-11-15-28/h6-18,23-24,29,38H,19-22H2,1-5H3/t23-,24+,29?. The molecule has 2 aliphatic heterocycles. The molecule has 42 heavy (non-hydrogen) atoms. The highest BCUT2D eigenvalue weighted by atomic mass is 35.5. The molecule has 5 nitrogen and oxygen atoms in total. The molecule has 3 atom stereocenters. The van der Waals surface area contributed by atoms with Crippen LogP contribution in [0.15, 0.2) is 78.3 Å². The number of hydrogen-bond donors (Lipinski definition) is 1. The summed E-state index contributed by atoms with van der Waals surface area (Å²) in [6.45, 7) is 12.2. The Labute approximate surface area is 259 Å². The summed E-state index contributed by atoms with van der Waals surface area (Å²) in [5.41, 5.74) is 1.96. The molecule has 5 rings (SSSR count). The van der Waals surface area contributed by atoms with Crippen LogP contribution in [0, 0.1) is 5.82 Å². The largest absolute Gasteiger partial charge is 0.403 e. The third kappa shape index (κ3) is 6.16. The van der Waals surface area contributed by atoms with Gasteiger partial charge in [-0.05, 0) is 46.3 Å². The van der Waals surface area contributed by atoms with Crippen LogP contribution in [0.3, 0.4) is 0 Å². The maximum absolute atomic E-state index is 16.0. The van der Waals surface area contributed by atoms with Gasteiger partial charge in [-0.1, -0.05) is 93.0 Å². The van der Waals surface area contributed by atoms with E-state index in [2.05, 4.69) is 74.2 Å². The van der Waals surface area contributed by atoms with E-state index in [1.54, 1.807) is 6.20 Å². The van der Waals surface area contributed by atoms with E-state index in [1.807, 2.05) is 37.5 Å². The van der Waals surface area contributed by atoms with Gasteiger partial charge in [-0.2, -0.15) is 0 Å². The number of morpholine rings is 1. The molecule has 1 fully saturated rings.